The standard InChI is InChI=1S/C9H6ClNOS2/c1-5-2-3-7(12)6(4-5)8-9(10)11-14-13-8/h2-4H,1H3/b8-6-. The fraction of sp³-hybridized carbons (Fsp3) is 0.111. The summed E-state index contributed by atoms with van der Waals surface area (Å²) in [5.41, 5.74) is 1.70. The summed E-state index contributed by atoms with van der Waals surface area (Å²) >= 11 is 5.87. The average molecular weight is 244 g/mol. The zero-order valence-electron chi connectivity index (χ0n) is 7.28. The molecular formula is C9H6ClNOS2. The maximum atomic E-state index is 11.5. The quantitative estimate of drug-likeness (QED) is 0.372. The van der Waals surface area contributed by atoms with Crippen molar-refractivity contribution in [2.45, 2.75) is 6.92 Å². The third-order valence-electron chi connectivity index (χ3n) is 1.81. The predicted molar refractivity (Wildman–Crippen MR) is 63.4 cm³/mol. The SMILES string of the molecule is CC1=C/C(=C2/SSN=C2Cl)C(=O)C=C1. The molecular weight excluding hydrogens is 238 g/mol. The van der Waals surface area contributed by atoms with Gasteiger partial charge in [-0.1, -0.05) is 23.3 Å². The largest absolute Gasteiger partial charge is 0.289 e. The molecule has 14 heavy (non-hydrogen) atoms. The number of halogens is 1. The molecule has 0 spiro atoms. The molecule has 1 aliphatic carbocycles. The summed E-state index contributed by atoms with van der Waals surface area (Å²) in [6.45, 7) is 1.95. The van der Waals surface area contributed by atoms with Crippen LogP contribution in [0.4, 0.5) is 0 Å². The second-order valence-corrected chi connectivity index (χ2v) is 5.08. The van der Waals surface area contributed by atoms with E-state index < -0.39 is 0 Å². The van der Waals surface area contributed by atoms with Crippen molar-refractivity contribution in [2.75, 3.05) is 0 Å². The van der Waals surface area contributed by atoms with E-state index in [1.807, 2.05) is 13.0 Å². The van der Waals surface area contributed by atoms with E-state index in [4.69, 9.17) is 11.6 Å². The summed E-state index contributed by atoms with van der Waals surface area (Å²) in [7, 11) is 2.72. The van der Waals surface area contributed by atoms with Gasteiger partial charge in [0.1, 0.15) is 0 Å². The van der Waals surface area contributed by atoms with Crippen molar-refractivity contribution in [2.24, 2.45) is 4.40 Å². The molecule has 5 heteroatoms. The fourth-order valence-corrected chi connectivity index (χ4v) is 3.48. The molecule has 2 aliphatic rings. The Balaban J connectivity index is 2.48. The van der Waals surface area contributed by atoms with Gasteiger partial charge >= 0.3 is 0 Å². The molecule has 1 heterocycles. The third kappa shape index (κ3) is 1.82. The third-order valence-corrected chi connectivity index (χ3v) is 4.15. The molecule has 0 unspecified atom stereocenters. The van der Waals surface area contributed by atoms with E-state index in [0.29, 0.717) is 10.7 Å². The van der Waals surface area contributed by atoms with E-state index >= 15 is 0 Å². The molecule has 0 aromatic rings. The zero-order valence-corrected chi connectivity index (χ0v) is 9.67. The molecule has 0 amide bonds. The Hall–Kier alpha value is -0.450. The van der Waals surface area contributed by atoms with E-state index in [9.17, 15) is 4.79 Å². The number of rotatable bonds is 0. The van der Waals surface area contributed by atoms with Crippen LogP contribution in [0.3, 0.4) is 0 Å². The molecule has 0 N–H and O–H groups in total. The Morgan fingerprint density at radius 1 is 1.43 bits per heavy atom. The van der Waals surface area contributed by atoms with Crippen LogP contribution in [0.5, 0.6) is 0 Å². The van der Waals surface area contributed by atoms with Gasteiger partial charge in [0.05, 0.1) is 15.9 Å². The van der Waals surface area contributed by atoms with Gasteiger partial charge in [0, 0.05) is 5.57 Å². The Kier molecular flexibility index (Phi) is 2.85. The number of hydrogen-bond acceptors (Lipinski definition) is 4. The zero-order chi connectivity index (χ0) is 10.1. The first-order valence-corrected chi connectivity index (χ1v) is 6.39. The van der Waals surface area contributed by atoms with Crippen LogP contribution in [-0.2, 0) is 4.79 Å². The smallest absolute Gasteiger partial charge is 0.187 e. The molecule has 0 aromatic carbocycles. The molecule has 0 aromatic heterocycles. The highest BCUT2D eigenvalue weighted by Gasteiger charge is 2.22. The molecule has 2 nitrogen and oxygen atoms in total. The minimum atomic E-state index is -0.00560. The minimum absolute atomic E-state index is 0.00560. The Morgan fingerprint density at radius 2 is 2.21 bits per heavy atom. The van der Waals surface area contributed by atoms with Crippen molar-refractivity contribution in [3.05, 3.63) is 34.3 Å². The van der Waals surface area contributed by atoms with Crippen molar-refractivity contribution in [1.29, 1.82) is 0 Å². The number of carbonyl (C=O) groups is 1. The summed E-state index contributed by atoms with van der Waals surface area (Å²) in [6, 6.07) is 0. The first-order chi connectivity index (χ1) is 6.68. The molecule has 0 saturated heterocycles. The van der Waals surface area contributed by atoms with Crippen molar-refractivity contribution < 1.29 is 4.79 Å². The highest BCUT2D eigenvalue weighted by molar-refractivity contribution is 8.78. The van der Waals surface area contributed by atoms with Gasteiger partial charge in [-0.15, -0.1) is 0 Å². The highest BCUT2D eigenvalue weighted by atomic mass is 35.5. The van der Waals surface area contributed by atoms with Gasteiger partial charge in [-0.05, 0) is 29.9 Å². The molecule has 0 saturated carbocycles. The van der Waals surface area contributed by atoms with Crippen LogP contribution in [0.15, 0.2) is 38.7 Å². The molecule has 0 fully saturated rings. The summed E-state index contributed by atoms with van der Waals surface area (Å²) in [4.78, 5) is 12.3. The van der Waals surface area contributed by atoms with Crippen LogP contribution >= 0.6 is 33.4 Å². The number of nitrogens with zero attached hydrogens (tertiary/aromatic N) is 1. The van der Waals surface area contributed by atoms with E-state index in [1.165, 1.54) is 21.8 Å². The van der Waals surface area contributed by atoms with Gasteiger partial charge in [-0.25, -0.2) is 0 Å². The number of carbonyl (C=O) groups excluding carboxylic acids is 1. The molecule has 0 radical (unpaired) electrons. The van der Waals surface area contributed by atoms with E-state index in [1.54, 1.807) is 12.2 Å². The fourth-order valence-electron chi connectivity index (χ4n) is 1.14. The van der Waals surface area contributed by atoms with E-state index in [-0.39, 0.29) is 5.78 Å². The molecule has 72 valence electrons. The summed E-state index contributed by atoms with van der Waals surface area (Å²) in [5.74, 6) is -0.00560. The Bertz CT molecular complexity index is 421. The average Bonchev–Trinajstić information content (AvgIpc) is 2.56. The van der Waals surface area contributed by atoms with Crippen molar-refractivity contribution >= 4 is 44.3 Å². The van der Waals surface area contributed by atoms with Crippen molar-refractivity contribution in [3.8, 4) is 0 Å². The van der Waals surface area contributed by atoms with Gasteiger partial charge in [-0.3, -0.25) is 4.79 Å². The maximum absolute atomic E-state index is 11.5. The lowest BCUT2D eigenvalue weighted by Gasteiger charge is -2.06. The van der Waals surface area contributed by atoms with Crippen LogP contribution in [0.25, 0.3) is 0 Å². The topological polar surface area (TPSA) is 29.4 Å². The molecule has 0 atom stereocenters. The first kappa shape index (κ1) is 10.1. The van der Waals surface area contributed by atoms with Gasteiger partial charge in [-0.2, -0.15) is 4.40 Å². The second-order valence-electron chi connectivity index (χ2n) is 2.87. The lowest BCUT2D eigenvalue weighted by molar-refractivity contribution is -0.111. The van der Waals surface area contributed by atoms with Crippen LogP contribution in [0, 0.1) is 0 Å². The summed E-state index contributed by atoms with van der Waals surface area (Å²) < 4.78 is 3.95. The van der Waals surface area contributed by atoms with Crippen LogP contribution in [0.2, 0.25) is 0 Å². The number of ketones is 1. The second kappa shape index (κ2) is 3.96. The maximum Gasteiger partial charge on any atom is 0.187 e. The van der Waals surface area contributed by atoms with Crippen molar-refractivity contribution in [3.63, 3.8) is 0 Å². The first-order valence-electron chi connectivity index (χ1n) is 3.91. The molecule has 1 aliphatic heterocycles. The number of hydrogen-bond donors (Lipinski definition) is 0. The summed E-state index contributed by atoms with van der Waals surface area (Å²) in [6.07, 6.45) is 5.20. The Labute approximate surface area is 94.7 Å². The van der Waals surface area contributed by atoms with Gasteiger partial charge in [0.25, 0.3) is 0 Å². The van der Waals surface area contributed by atoms with Crippen LogP contribution < -0.4 is 0 Å². The van der Waals surface area contributed by atoms with Crippen LogP contribution in [-0.4, -0.2) is 11.0 Å². The molecule has 0 bridgehead atoms. The Morgan fingerprint density at radius 3 is 2.86 bits per heavy atom. The summed E-state index contributed by atoms with van der Waals surface area (Å²) in [5, 5.41) is 0.419. The highest BCUT2D eigenvalue weighted by Crippen LogP contribution is 2.43. The van der Waals surface area contributed by atoms with Gasteiger partial charge in [0.15, 0.2) is 11.0 Å². The number of allylic oxidation sites excluding steroid dienone is 6. The normalized spacial score (nSPS) is 26.6. The predicted octanol–water partition coefficient (Wildman–Crippen LogP) is 3.27. The van der Waals surface area contributed by atoms with Crippen LogP contribution in [0.1, 0.15) is 6.92 Å². The van der Waals surface area contributed by atoms with Crippen molar-refractivity contribution in [1.82, 2.24) is 0 Å². The van der Waals surface area contributed by atoms with E-state index in [0.717, 1.165) is 10.5 Å². The molecule has 2 rings (SSSR count). The van der Waals surface area contributed by atoms with Gasteiger partial charge in [0.2, 0.25) is 0 Å². The lowest BCUT2D eigenvalue weighted by atomic mass is 10.0. The monoisotopic (exact) mass is 243 g/mol. The lowest BCUT2D eigenvalue weighted by Crippen LogP contribution is -2.05. The minimum Gasteiger partial charge on any atom is -0.289 e. The van der Waals surface area contributed by atoms with Gasteiger partial charge < -0.3 is 0 Å². The van der Waals surface area contributed by atoms with E-state index in [2.05, 4.69) is 4.40 Å².